The number of aliphatic imine (C=N–C) groups is 1. The number of fused-ring (bicyclic) bond motifs is 1. The third-order valence-corrected chi connectivity index (χ3v) is 2.09. The fourth-order valence-corrected chi connectivity index (χ4v) is 1.41. The lowest BCUT2D eigenvalue weighted by molar-refractivity contribution is 1.48. The SMILES string of the molecule is CC.CC1=CCC=Nc2ccccc21. The van der Waals surface area contributed by atoms with Crippen LogP contribution >= 0.6 is 0 Å². The summed E-state index contributed by atoms with van der Waals surface area (Å²) >= 11 is 0. The Kier molecular flexibility index (Phi) is 4.11. The molecule has 1 aliphatic heterocycles. The molecule has 0 unspecified atom stereocenters. The van der Waals surface area contributed by atoms with Crippen LogP contribution in [0.5, 0.6) is 0 Å². The van der Waals surface area contributed by atoms with E-state index in [2.05, 4.69) is 36.2 Å². The van der Waals surface area contributed by atoms with Gasteiger partial charge in [-0.1, -0.05) is 38.1 Å². The molecule has 1 nitrogen and oxygen atoms in total. The normalized spacial score (nSPS) is 13.2. The molecule has 0 saturated carbocycles. The summed E-state index contributed by atoms with van der Waals surface area (Å²) in [6.07, 6.45) is 5.10. The molecule has 1 aromatic carbocycles. The van der Waals surface area contributed by atoms with Crippen molar-refractivity contribution in [1.82, 2.24) is 0 Å². The van der Waals surface area contributed by atoms with Crippen molar-refractivity contribution >= 4 is 17.5 Å². The molecule has 0 atom stereocenters. The molecule has 1 heterocycles. The van der Waals surface area contributed by atoms with Crippen LogP contribution in [0.15, 0.2) is 35.3 Å². The van der Waals surface area contributed by atoms with E-state index in [1.54, 1.807) is 0 Å². The van der Waals surface area contributed by atoms with Crippen LogP contribution in [-0.4, -0.2) is 6.21 Å². The van der Waals surface area contributed by atoms with E-state index in [1.165, 1.54) is 11.1 Å². The topological polar surface area (TPSA) is 12.4 Å². The summed E-state index contributed by atoms with van der Waals surface area (Å²) in [5.41, 5.74) is 3.66. The maximum Gasteiger partial charge on any atom is 0.0700 e. The number of allylic oxidation sites excluding steroid dienone is 2. The summed E-state index contributed by atoms with van der Waals surface area (Å²) < 4.78 is 0. The minimum atomic E-state index is 0.945. The highest BCUT2D eigenvalue weighted by molar-refractivity contribution is 5.81. The predicted octanol–water partition coefficient (Wildman–Crippen LogP) is 4.22. The molecule has 0 aliphatic carbocycles. The first-order valence-electron chi connectivity index (χ1n) is 5.16. The third kappa shape index (κ3) is 2.32. The maximum absolute atomic E-state index is 4.36. The molecule has 0 N–H and O–H groups in total. The molecule has 14 heavy (non-hydrogen) atoms. The standard InChI is InChI=1S/C11H11N.C2H6/c1-9-5-4-8-12-11-7-3-2-6-10(9)11;1-2/h2-3,5-8H,4H2,1H3;1-2H3. The average Bonchev–Trinajstić information content (AvgIpc) is 2.45. The zero-order valence-corrected chi connectivity index (χ0v) is 9.12. The van der Waals surface area contributed by atoms with Crippen LogP contribution in [0.3, 0.4) is 0 Å². The van der Waals surface area contributed by atoms with Gasteiger partial charge in [0.25, 0.3) is 0 Å². The Labute approximate surface area is 86.2 Å². The molecule has 0 radical (unpaired) electrons. The van der Waals surface area contributed by atoms with E-state index in [9.17, 15) is 0 Å². The Hall–Kier alpha value is -1.37. The molecular formula is C13H17N. The van der Waals surface area contributed by atoms with Crippen LogP contribution < -0.4 is 0 Å². The number of hydrogen-bond acceptors (Lipinski definition) is 1. The quantitative estimate of drug-likeness (QED) is 0.576. The lowest BCUT2D eigenvalue weighted by Crippen LogP contribution is -1.77. The van der Waals surface area contributed by atoms with E-state index in [4.69, 9.17) is 0 Å². The van der Waals surface area contributed by atoms with Gasteiger partial charge in [-0.2, -0.15) is 0 Å². The highest BCUT2D eigenvalue weighted by atomic mass is 14.7. The van der Waals surface area contributed by atoms with Gasteiger partial charge in [0.15, 0.2) is 0 Å². The highest BCUT2D eigenvalue weighted by Crippen LogP contribution is 2.27. The smallest absolute Gasteiger partial charge is 0.0700 e. The Morgan fingerprint density at radius 1 is 1.14 bits per heavy atom. The summed E-state index contributed by atoms with van der Waals surface area (Å²) in [6, 6.07) is 8.24. The first-order chi connectivity index (χ1) is 6.88. The van der Waals surface area contributed by atoms with Gasteiger partial charge in [-0.15, -0.1) is 0 Å². The number of para-hydroxylation sites is 1. The van der Waals surface area contributed by atoms with Crippen molar-refractivity contribution in [3.8, 4) is 0 Å². The van der Waals surface area contributed by atoms with Crippen molar-refractivity contribution in [3.05, 3.63) is 35.9 Å². The minimum Gasteiger partial charge on any atom is -0.260 e. The second-order valence-electron chi connectivity index (χ2n) is 2.95. The van der Waals surface area contributed by atoms with Gasteiger partial charge in [-0.3, -0.25) is 4.99 Å². The molecule has 0 spiro atoms. The molecule has 1 aliphatic rings. The fourth-order valence-electron chi connectivity index (χ4n) is 1.41. The van der Waals surface area contributed by atoms with E-state index in [-0.39, 0.29) is 0 Å². The van der Waals surface area contributed by atoms with E-state index in [1.807, 2.05) is 26.1 Å². The zero-order valence-electron chi connectivity index (χ0n) is 9.12. The van der Waals surface area contributed by atoms with E-state index < -0.39 is 0 Å². The first-order valence-corrected chi connectivity index (χ1v) is 5.16. The van der Waals surface area contributed by atoms with Gasteiger partial charge < -0.3 is 0 Å². The van der Waals surface area contributed by atoms with Crippen molar-refractivity contribution in [2.24, 2.45) is 4.99 Å². The van der Waals surface area contributed by atoms with Crippen molar-refractivity contribution in [3.63, 3.8) is 0 Å². The second kappa shape index (κ2) is 5.38. The van der Waals surface area contributed by atoms with Crippen LogP contribution in [0.4, 0.5) is 5.69 Å². The molecule has 0 fully saturated rings. The van der Waals surface area contributed by atoms with Crippen LogP contribution in [0.1, 0.15) is 32.8 Å². The van der Waals surface area contributed by atoms with Gasteiger partial charge in [-0.05, 0) is 18.6 Å². The summed E-state index contributed by atoms with van der Waals surface area (Å²) in [7, 11) is 0. The highest BCUT2D eigenvalue weighted by Gasteiger charge is 2.02. The molecule has 0 aromatic heterocycles. The lowest BCUT2D eigenvalue weighted by atomic mass is 10.1. The molecular weight excluding hydrogens is 170 g/mol. The van der Waals surface area contributed by atoms with Crippen LogP contribution in [0.25, 0.3) is 5.57 Å². The van der Waals surface area contributed by atoms with Gasteiger partial charge >= 0.3 is 0 Å². The van der Waals surface area contributed by atoms with Crippen molar-refractivity contribution in [2.75, 3.05) is 0 Å². The Morgan fingerprint density at radius 2 is 1.86 bits per heavy atom. The fraction of sp³-hybridized carbons (Fsp3) is 0.308. The van der Waals surface area contributed by atoms with Crippen molar-refractivity contribution in [1.29, 1.82) is 0 Å². The van der Waals surface area contributed by atoms with E-state index >= 15 is 0 Å². The molecule has 1 heteroatoms. The summed E-state index contributed by atoms with van der Waals surface area (Å²) in [5.74, 6) is 0. The average molecular weight is 187 g/mol. The Bertz CT molecular complexity index is 348. The molecule has 2 rings (SSSR count). The molecule has 0 saturated heterocycles. The summed E-state index contributed by atoms with van der Waals surface area (Å²) in [4.78, 5) is 4.36. The molecule has 0 amide bonds. The van der Waals surface area contributed by atoms with Crippen LogP contribution in [-0.2, 0) is 0 Å². The van der Waals surface area contributed by atoms with Gasteiger partial charge in [-0.25, -0.2) is 0 Å². The summed E-state index contributed by atoms with van der Waals surface area (Å²) in [5, 5.41) is 0. The monoisotopic (exact) mass is 187 g/mol. The number of hydrogen-bond donors (Lipinski definition) is 0. The van der Waals surface area contributed by atoms with Gasteiger partial charge in [0.05, 0.1) is 5.69 Å². The van der Waals surface area contributed by atoms with E-state index in [0.29, 0.717) is 0 Å². The predicted molar refractivity (Wildman–Crippen MR) is 64.2 cm³/mol. The number of rotatable bonds is 0. The lowest BCUT2D eigenvalue weighted by Gasteiger charge is -2.02. The maximum atomic E-state index is 4.36. The Morgan fingerprint density at radius 3 is 2.64 bits per heavy atom. The first kappa shape index (κ1) is 10.7. The Balaban J connectivity index is 0.000000461. The van der Waals surface area contributed by atoms with Crippen LogP contribution in [0, 0.1) is 0 Å². The largest absolute Gasteiger partial charge is 0.260 e. The second-order valence-corrected chi connectivity index (χ2v) is 2.95. The number of benzene rings is 1. The summed E-state index contributed by atoms with van der Waals surface area (Å²) in [6.45, 7) is 6.13. The van der Waals surface area contributed by atoms with Crippen molar-refractivity contribution in [2.45, 2.75) is 27.2 Å². The van der Waals surface area contributed by atoms with Crippen LogP contribution in [0.2, 0.25) is 0 Å². The van der Waals surface area contributed by atoms with Gasteiger partial charge in [0, 0.05) is 18.2 Å². The molecule has 0 bridgehead atoms. The third-order valence-electron chi connectivity index (χ3n) is 2.09. The number of nitrogens with zero attached hydrogens (tertiary/aromatic N) is 1. The molecule has 1 aromatic rings. The minimum absolute atomic E-state index is 0.945. The van der Waals surface area contributed by atoms with Gasteiger partial charge in [0.2, 0.25) is 0 Å². The van der Waals surface area contributed by atoms with Gasteiger partial charge in [0.1, 0.15) is 0 Å². The van der Waals surface area contributed by atoms with E-state index in [0.717, 1.165) is 12.1 Å². The zero-order chi connectivity index (χ0) is 10.4. The molecule has 74 valence electrons. The van der Waals surface area contributed by atoms with Crippen molar-refractivity contribution < 1.29 is 0 Å².